The minimum absolute atomic E-state index is 0.531. The minimum Gasteiger partial charge on any atom is -0.381 e. The van der Waals surface area contributed by atoms with Gasteiger partial charge >= 0.3 is 0 Å². The molecule has 2 saturated heterocycles. The van der Waals surface area contributed by atoms with E-state index in [4.69, 9.17) is 9.47 Å². The smallest absolute Gasteiger partial charge is 0.0576 e. The van der Waals surface area contributed by atoms with E-state index in [-0.39, 0.29) is 0 Å². The summed E-state index contributed by atoms with van der Waals surface area (Å²) in [4.78, 5) is 0. The van der Waals surface area contributed by atoms with Crippen LogP contribution in [-0.4, -0.2) is 38.5 Å². The van der Waals surface area contributed by atoms with Crippen molar-refractivity contribution in [1.29, 1.82) is 0 Å². The average Bonchev–Trinajstić information content (AvgIpc) is 2.96. The van der Waals surface area contributed by atoms with Crippen LogP contribution in [0, 0.1) is 5.92 Å². The molecule has 2 fully saturated rings. The Bertz CT molecular complexity index is 186. The van der Waals surface area contributed by atoms with Gasteiger partial charge in [0.05, 0.1) is 12.7 Å². The largest absolute Gasteiger partial charge is 0.381 e. The van der Waals surface area contributed by atoms with Crippen molar-refractivity contribution in [2.75, 3.05) is 26.4 Å². The van der Waals surface area contributed by atoms with E-state index in [9.17, 15) is 0 Å². The molecule has 2 aliphatic heterocycles. The van der Waals surface area contributed by atoms with E-state index < -0.39 is 0 Å². The van der Waals surface area contributed by atoms with E-state index in [0.29, 0.717) is 12.1 Å². The van der Waals surface area contributed by atoms with Gasteiger partial charge in [-0.15, -0.1) is 0 Å². The van der Waals surface area contributed by atoms with Crippen LogP contribution in [0.4, 0.5) is 0 Å². The SMILES string of the molecule is CCNC(CCC1CCCO1)C1CCOC1. The molecule has 0 aromatic carbocycles. The fourth-order valence-electron chi connectivity index (χ4n) is 2.87. The van der Waals surface area contributed by atoms with Crippen LogP contribution in [-0.2, 0) is 9.47 Å². The predicted molar refractivity (Wildman–Crippen MR) is 64.6 cm³/mol. The van der Waals surface area contributed by atoms with Crippen molar-refractivity contribution in [2.45, 2.75) is 51.2 Å². The molecular formula is C13H25NO2. The highest BCUT2D eigenvalue weighted by atomic mass is 16.5. The standard InChI is InChI=1S/C13H25NO2/c1-2-14-13(11-7-9-15-10-11)6-5-12-4-3-8-16-12/h11-14H,2-10H2,1H3. The quantitative estimate of drug-likeness (QED) is 0.752. The molecule has 3 unspecified atom stereocenters. The lowest BCUT2D eigenvalue weighted by Gasteiger charge is -2.24. The fourth-order valence-corrected chi connectivity index (χ4v) is 2.87. The monoisotopic (exact) mass is 227 g/mol. The van der Waals surface area contributed by atoms with Gasteiger partial charge in [-0.3, -0.25) is 0 Å². The maximum atomic E-state index is 5.69. The van der Waals surface area contributed by atoms with E-state index in [1.165, 1.54) is 32.1 Å². The number of nitrogens with one attached hydrogen (secondary N) is 1. The highest BCUT2D eigenvalue weighted by molar-refractivity contribution is 4.80. The van der Waals surface area contributed by atoms with Crippen LogP contribution in [0.15, 0.2) is 0 Å². The summed E-state index contributed by atoms with van der Waals surface area (Å²) in [5, 5.41) is 3.61. The van der Waals surface area contributed by atoms with Gasteiger partial charge in [0, 0.05) is 19.3 Å². The normalized spacial score (nSPS) is 32.1. The van der Waals surface area contributed by atoms with Crippen LogP contribution in [0.1, 0.15) is 39.0 Å². The molecule has 16 heavy (non-hydrogen) atoms. The summed E-state index contributed by atoms with van der Waals surface area (Å²) in [6.45, 7) is 6.13. The third kappa shape index (κ3) is 3.44. The van der Waals surface area contributed by atoms with Crippen LogP contribution in [0.25, 0.3) is 0 Å². The molecule has 3 atom stereocenters. The molecule has 0 aromatic rings. The van der Waals surface area contributed by atoms with Crippen LogP contribution < -0.4 is 5.32 Å². The molecule has 0 saturated carbocycles. The van der Waals surface area contributed by atoms with Crippen molar-refractivity contribution in [3.63, 3.8) is 0 Å². The highest BCUT2D eigenvalue weighted by Gasteiger charge is 2.26. The van der Waals surface area contributed by atoms with E-state index in [0.717, 1.165) is 32.3 Å². The predicted octanol–water partition coefficient (Wildman–Crippen LogP) is 1.96. The van der Waals surface area contributed by atoms with Crippen LogP contribution in [0.2, 0.25) is 0 Å². The Labute approximate surface area is 98.9 Å². The first-order valence-electron chi connectivity index (χ1n) is 6.83. The number of ether oxygens (including phenoxy) is 2. The zero-order chi connectivity index (χ0) is 11.2. The van der Waals surface area contributed by atoms with E-state index in [2.05, 4.69) is 12.2 Å². The number of rotatable bonds is 6. The summed E-state index contributed by atoms with van der Waals surface area (Å²) in [6, 6.07) is 0.636. The first-order chi connectivity index (χ1) is 7.90. The number of hydrogen-bond donors (Lipinski definition) is 1. The van der Waals surface area contributed by atoms with Crippen molar-refractivity contribution in [1.82, 2.24) is 5.32 Å². The molecule has 0 aromatic heterocycles. The summed E-state index contributed by atoms with van der Waals surface area (Å²) >= 11 is 0. The Morgan fingerprint density at radius 2 is 2.25 bits per heavy atom. The third-order valence-corrected chi connectivity index (χ3v) is 3.82. The van der Waals surface area contributed by atoms with Gasteiger partial charge in [-0.25, -0.2) is 0 Å². The Kier molecular flexibility index (Phi) is 5.07. The third-order valence-electron chi connectivity index (χ3n) is 3.82. The van der Waals surface area contributed by atoms with Crippen LogP contribution >= 0.6 is 0 Å². The van der Waals surface area contributed by atoms with E-state index in [1.54, 1.807) is 0 Å². The topological polar surface area (TPSA) is 30.5 Å². The van der Waals surface area contributed by atoms with Crippen LogP contribution in [0.5, 0.6) is 0 Å². The first kappa shape index (κ1) is 12.3. The second kappa shape index (κ2) is 6.58. The molecular weight excluding hydrogens is 202 g/mol. The molecule has 0 aliphatic carbocycles. The van der Waals surface area contributed by atoms with Gasteiger partial charge in [-0.1, -0.05) is 6.92 Å². The Morgan fingerprint density at radius 3 is 2.88 bits per heavy atom. The zero-order valence-corrected chi connectivity index (χ0v) is 10.4. The molecule has 2 heterocycles. The molecule has 0 amide bonds. The molecule has 1 N–H and O–H groups in total. The van der Waals surface area contributed by atoms with Gasteiger partial charge < -0.3 is 14.8 Å². The molecule has 0 radical (unpaired) electrons. The van der Waals surface area contributed by atoms with Gasteiger partial charge in [0.1, 0.15) is 0 Å². The lowest BCUT2D eigenvalue weighted by molar-refractivity contribution is 0.0960. The molecule has 0 spiro atoms. The second-order valence-corrected chi connectivity index (χ2v) is 5.00. The Morgan fingerprint density at radius 1 is 1.31 bits per heavy atom. The molecule has 3 heteroatoms. The lowest BCUT2D eigenvalue weighted by Crippen LogP contribution is -2.37. The highest BCUT2D eigenvalue weighted by Crippen LogP contribution is 2.23. The summed E-state index contributed by atoms with van der Waals surface area (Å²) < 4.78 is 11.2. The summed E-state index contributed by atoms with van der Waals surface area (Å²) in [6.07, 6.45) is 6.73. The maximum Gasteiger partial charge on any atom is 0.0576 e. The van der Waals surface area contributed by atoms with Gasteiger partial charge in [0.25, 0.3) is 0 Å². The van der Waals surface area contributed by atoms with Crippen molar-refractivity contribution in [3.8, 4) is 0 Å². The number of hydrogen-bond acceptors (Lipinski definition) is 3. The van der Waals surface area contributed by atoms with E-state index in [1.807, 2.05) is 0 Å². The second-order valence-electron chi connectivity index (χ2n) is 5.00. The Balaban J connectivity index is 1.72. The first-order valence-corrected chi connectivity index (χ1v) is 6.83. The summed E-state index contributed by atoms with van der Waals surface area (Å²) in [5.74, 6) is 0.723. The lowest BCUT2D eigenvalue weighted by atomic mass is 9.93. The molecule has 0 bridgehead atoms. The summed E-state index contributed by atoms with van der Waals surface area (Å²) in [5.41, 5.74) is 0. The maximum absolute atomic E-state index is 5.69. The average molecular weight is 227 g/mol. The van der Waals surface area contributed by atoms with Crippen molar-refractivity contribution < 1.29 is 9.47 Å². The van der Waals surface area contributed by atoms with Crippen molar-refractivity contribution in [2.24, 2.45) is 5.92 Å². The summed E-state index contributed by atoms with van der Waals surface area (Å²) in [7, 11) is 0. The molecule has 2 rings (SSSR count). The van der Waals surface area contributed by atoms with Crippen LogP contribution in [0.3, 0.4) is 0 Å². The zero-order valence-electron chi connectivity index (χ0n) is 10.4. The van der Waals surface area contributed by atoms with Gasteiger partial charge in [-0.2, -0.15) is 0 Å². The van der Waals surface area contributed by atoms with Gasteiger partial charge in [-0.05, 0) is 44.6 Å². The van der Waals surface area contributed by atoms with Gasteiger partial charge in [0.15, 0.2) is 0 Å². The van der Waals surface area contributed by atoms with E-state index >= 15 is 0 Å². The molecule has 94 valence electrons. The fraction of sp³-hybridized carbons (Fsp3) is 1.00. The van der Waals surface area contributed by atoms with Crippen molar-refractivity contribution >= 4 is 0 Å². The minimum atomic E-state index is 0.531. The van der Waals surface area contributed by atoms with Gasteiger partial charge in [0.2, 0.25) is 0 Å². The Hall–Kier alpha value is -0.120. The molecule has 2 aliphatic rings. The molecule has 3 nitrogen and oxygen atoms in total. The van der Waals surface area contributed by atoms with Crippen molar-refractivity contribution in [3.05, 3.63) is 0 Å².